The van der Waals surface area contributed by atoms with Crippen LogP contribution in [-0.4, -0.2) is 24.6 Å². The van der Waals surface area contributed by atoms with E-state index in [4.69, 9.17) is 0 Å². The molecule has 0 amide bonds. The third-order valence-electron chi connectivity index (χ3n) is 2.27. The van der Waals surface area contributed by atoms with Crippen molar-refractivity contribution >= 4 is 11.8 Å². The first-order valence-corrected chi connectivity index (χ1v) is 5.80. The predicted octanol–water partition coefficient (Wildman–Crippen LogP) is 2.44. The summed E-state index contributed by atoms with van der Waals surface area (Å²) in [6.07, 6.45) is 5.21. The fourth-order valence-corrected chi connectivity index (χ4v) is 2.88. The number of hydrogen-bond acceptors (Lipinski definition) is 2. The number of thioether (sulfide) groups is 1. The molecule has 1 N–H and O–H groups in total. The van der Waals surface area contributed by atoms with Crippen LogP contribution in [0.5, 0.6) is 0 Å². The van der Waals surface area contributed by atoms with E-state index >= 15 is 0 Å². The maximum Gasteiger partial charge on any atom is 0.00844 e. The van der Waals surface area contributed by atoms with Crippen molar-refractivity contribution in [3.05, 3.63) is 12.2 Å². The van der Waals surface area contributed by atoms with Gasteiger partial charge in [-0.2, -0.15) is 11.8 Å². The molecule has 1 rings (SSSR count). The van der Waals surface area contributed by atoms with Gasteiger partial charge in [-0.1, -0.05) is 12.2 Å². The molecule has 0 aromatic heterocycles. The molecule has 1 saturated heterocycles. The second-order valence-electron chi connectivity index (χ2n) is 3.44. The average molecular weight is 185 g/mol. The van der Waals surface area contributed by atoms with E-state index in [0.717, 1.165) is 18.2 Å². The average Bonchev–Trinajstić information content (AvgIpc) is 2.53. The quantitative estimate of drug-likeness (QED) is 0.660. The summed E-state index contributed by atoms with van der Waals surface area (Å²) < 4.78 is 0. The number of rotatable bonds is 5. The maximum absolute atomic E-state index is 4.10. The summed E-state index contributed by atoms with van der Waals surface area (Å²) >= 11 is 2.12. The third kappa shape index (κ3) is 3.63. The molecule has 1 heterocycles. The van der Waals surface area contributed by atoms with Crippen molar-refractivity contribution in [2.45, 2.75) is 30.9 Å². The van der Waals surface area contributed by atoms with Crippen molar-refractivity contribution in [2.24, 2.45) is 0 Å². The van der Waals surface area contributed by atoms with Gasteiger partial charge in [0.15, 0.2) is 0 Å². The largest absolute Gasteiger partial charge is 0.319 e. The molecule has 1 fully saturated rings. The summed E-state index contributed by atoms with van der Waals surface area (Å²) in [7, 11) is 2.00. The van der Waals surface area contributed by atoms with Crippen LogP contribution in [0.1, 0.15) is 25.7 Å². The van der Waals surface area contributed by atoms with Crippen LogP contribution in [0.15, 0.2) is 12.2 Å². The SMILES string of the molecule is C=C(CCNC)CC1CCCS1. The summed E-state index contributed by atoms with van der Waals surface area (Å²) in [5.74, 6) is 1.37. The number of nitrogens with one attached hydrogen (secondary N) is 1. The molecule has 0 aliphatic carbocycles. The molecular formula is C10H19NS. The minimum atomic E-state index is 0.884. The van der Waals surface area contributed by atoms with Gasteiger partial charge in [-0.25, -0.2) is 0 Å². The summed E-state index contributed by atoms with van der Waals surface area (Å²) in [5.41, 5.74) is 1.42. The molecule has 1 nitrogen and oxygen atoms in total. The van der Waals surface area contributed by atoms with Gasteiger partial charge < -0.3 is 5.32 Å². The van der Waals surface area contributed by atoms with Gasteiger partial charge in [0.25, 0.3) is 0 Å². The molecule has 1 aliphatic heterocycles. The Hall–Kier alpha value is 0.0500. The van der Waals surface area contributed by atoms with Crippen molar-refractivity contribution in [3.63, 3.8) is 0 Å². The van der Waals surface area contributed by atoms with Crippen molar-refractivity contribution in [1.82, 2.24) is 5.32 Å². The summed E-state index contributed by atoms with van der Waals surface area (Å²) in [6.45, 7) is 5.18. The predicted molar refractivity (Wildman–Crippen MR) is 57.8 cm³/mol. The maximum atomic E-state index is 4.10. The molecule has 1 atom stereocenters. The first kappa shape index (κ1) is 10.1. The van der Waals surface area contributed by atoms with E-state index in [-0.39, 0.29) is 0 Å². The minimum Gasteiger partial charge on any atom is -0.319 e. The zero-order valence-corrected chi connectivity index (χ0v) is 8.75. The Kier molecular flexibility index (Phi) is 4.77. The smallest absolute Gasteiger partial charge is 0.00844 e. The van der Waals surface area contributed by atoms with E-state index in [2.05, 4.69) is 23.7 Å². The lowest BCUT2D eigenvalue weighted by Gasteiger charge is -2.10. The Labute approximate surface area is 80.0 Å². The van der Waals surface area contributed by atoms with Crippen molar-refractivity contribution in [1.29, 1.82) is 0 Å². The van der Waals surface area contributed by atoms with E-state index in [1.807, 2.05) is 7.05 Å². The van der Waals surface area contributed by atoms with Crippen molar-refractivity contribution < 1.29 is 0 Å². The van der Waals surface area contributed by atoms with Gasteiger partial charge >= 0.3 is 0 Å². The molecular weight excluding hydrogens is 166 g/mol. The van der Waals surface area contributed by atoms with Gasteiger partial charge in [-0.3, -0.25) is 0 Å². The second kappa shape index (κ2) is 5.65. The van der Waals surface area contributed by atoms with Crippen LogP contribution in [-0.2, 0) is 0 Å². The highest BCUT2D eigenvalue weighted by atomic mass is 32.2. The first-order valence-electron chi connectivity index (χ1n) is 4.76. The van der Waals surface area contributed by atoms with Crippen LogP contribution in [0.3, 0.4) is 0 Å². The molecule has 70 valence electrons. The first-order chi connectivity index (χ1) is 5.83. The van der Waals surface area contributed by atoms with Crippen molar-refractivity contribution in [3.8, 4) is 0 Å². The van der Waals surface area contributed by atoms with E-state index in [1.165, 1.54) is 30.6 Å². The molecule has 0 spiro atoms. The van der Waals surface area contributed by atoms with Crippen LogP contribution in [0.4, 0.5) is 0 Å². The molecule has 1 unspecified atom stereocenters. The Morgan fingerprint density at radius 1 is 1.67 bits per heavy atom. The van der Waals surface area contributed by atoms with E-state index in [0.29, 0.717) is 0 Å². The molecule has 0 bridgehead atoms. The lowest BCUT2D eigenvalue weighted by Crippen LogP contribution is -2.09. The standard InChI is InChI=1S/C10H19NS/c1-9(5-6-11-2)8-10-4-3-7-12-10/h10-11H,1,3-8H2,2H3. The fourth-order valence-electron chi connectivity index (χ4n) is 1.53. The Balaban J connectivity index is 2.08. The molecule has 12 heavy (non-hydrogen) atoms. The second-order valence-corrected chi connectivity index (χ2v) is 4.85. The summed E-state index contributed by atoms with van der Waals surface area (Å²) in [6, 6.07) is 0. The highest BCUT2D eigenvalue weighted by Crippen LogP contribution is 2.30. The topological polar surface area (TPSA) is 12.0 Å². The Bertz CT molecular complexity index is 139. The van der Waals surface area contributed by atoms with Crippen LogP contribution < -0.4 is 5.32 Å². The van der Waals surface area contributed by atoms with E-state index in [1.54, 1.807) is 0 Å². The van der Waals surface area contributed by atoms with Crippen LogP contribution in [0.25, 0.3) is 0 Å². The van der Waals surface area contributed by atoms with Crippen LogP contribution >= 0.6 is 11.8 Å². The summed E-state index contributed by atoms with van der Waals surface area (Å²) in [5, 5.41) is 4.04. The van der Waals surface area contributed by atoms with Gasteiger partial charge in [0.2, 0.25) is 0 Å². The third-order valence-corrected chi connectivity index (χ3v) is 3.67. The lowest BCUT2D eigenvalue weighted by atomic mass is 10.1. The molecule has 1 aliphatic rings. The van der Waals surface area contributed by atoms with E-state index in [9.17, 15) is 0 Å². The monoisotopic (exact) mass is 185 g/mol. The van der Waals surface area contributed by atoms with Gasteiger partial charge in [-0.15, -0.1) is 0 Å². The zero-order valence-electron chi connectivity index (χ0n) is 7.94. The van der Waals surface area contributed by atoms with E-state index < -0.39 is 0 Å². The molecule has 0 aromatic rings. The van der Waals surface area contributed by atoms with Crippen LogP contribution in [0.2, 0.25) is 0 Å². The highest BCUT2D eigenvalue weighted by Gasteiger charge is 2.15. The zero-order chi connectivity index (χ0) is 8.81. The highest BCUT2D eigenvalue weighted by molar-refractivity contribution is 8.00. The Morgan fingerprint density at radius 3 is 3.08 bits per heavy atom. The number of hydrogen-bond donors (Lipinski definition) is 1. The Morgan fingerprint density at radius 2 is 2.50 bits per heavy atom. The normalized spacial score (nSPS) is 22.9. The van der Waals surface area contributed by atoms with Gasteiger partial charge in [0.05, 0.1) is 0 Å². The van der Waals surface area contributed by atoms with Gasteiger partial charge in [-0.05, 0) is 45.0 Å². The summed E-state index contributed by atoms with van der Waals surface area (Å²) in [4.78, 5) is 0. The molecule has 0 aromatic carbocycles. The minimum absolute atomic E-state index is 0.884. The molecule has 2 heteroatoms. The van der Waals surface area contributed by atoms with Crippen LogP contribution in [0, 0.1) is 0 Å². The molecule has 0 radical (unpaired) electrons. The van der Waals surface area contributed by atoms with Gasteiger partial charge in [0, 0.05) is 5.25 Å². The lowest BCUT2D eigenvalue weighted by molar-refractivity contribution is 0.718. The van der Waals surface area contributed by atoms with Gasteiger partial charge in [0.1, 0.15) is 0 Å². The fraction of sp³-hybridized carbons (Fsp3) is 0.800. The molecule has 0 saturated carbocycles. The van der Waals surface area contributed by atoms with Crippen molar-refractivity contribution in [2.75, 3.05) is 19.3 Å².